The van der Waals surface area contributed by atoms with E-state index < -0.39 is 59.9 Å². The smallest absolute Gasteiger partial charge is 0.394 e. The Hall–Kier alpha value is -0.900. The fraction of sp³-hybridized carbons (Fsp3) is 0.980. The van der Waals surface area contributed by atoms with Gasteiger partial charge in [0.05, 0.1) is 25.4 Å². The summed E-state index contributed by atoms with van der Waals surface area (Å²) in [6.07, 6.45) is 38.1. The van der Waals surface area contributed by atoms with Crippen LogP contribution in [0.25, 0.3) is 0 Å². The van der Waals surface area contributed by atoms with E-state index >= 15 is 0 Å². The van der Waals surface area contributed by atoms with Gasteiger partial charge in [-0.25, -0.2) is 4.18 Å². The van der Waals surface area contributed by atoms with Crippen molar-refractivity contribution in [1.82, 2.24) is 5.32 Å². The monoisotopic (exact) mass is 936 g/mol. The third-order valence-corrected chi connectivity index (χ3v) is 13.6. The van der Waals surface area contributed by atoms with Gasteiger partial charge in [0.2, 0.25) is 5.91 Å². The van der Waals surface area contributed by atoms with E-state index in [0.717, 1.165) is 51.4 Å². The predicted molar refractivity (Wildman–Crippen MR) is 259 cm³/mol. The minimum absolute atomic E-state index is 0.224. The van der Waals surface area contributed by atoms with Gasteiger partial charge in [0.15, 0.2) is 6.29 Å². The molecule has 0 aliphatic carbocycles. The second-order valence-corrected chi connectivity index (χ2v) is 20.2. The van der Waals surface area contributed by atoms with Crippen molar-refractivity contribution in [3.8, 4) is 0 Å². The van der Waals surface area contributed by atoms with Crippen LogP contribution >= 0.6 is 0 Å². The SMILES string of the molecule is CCCCCCCCCCCCCCCCCCCCCCCC(O)C(COC1OC(CO)C(O)C(OS(=O)(=O)O)C1O)NC(=O)CCCCCCCCCCCCCCCCCC. The van der Waals surface area contributed by atoms with E-state index in [1.165, 1.54) is 186 Å². The van der Waals surface area contributed by atoms with Gasteiger partial charge in [-0.15, -0.1) is 0 Å². The van der Waals surface area contributed by atoms with Crippen LogP contribution < -0.4 is 5.32 Å². The van der Waals surface area contributed by atoms with Gasteiger partial charge in [-0.2, -0.15) is 8.42 Å². The molecule has 0 aromatic heterocycles. The number of hydrogen-bond acceptors (Lipinski definition) is 10. The maximum atomic E-state index is 13.1. The third kappa shape index (κ3) is 34.4. The number of aliphatic hydroxyl groups is 4. The van der Waals surface area contributed by atoms with E-state index in [2.05, 4.69) is 23.3 Å². The molecule has 1 fully saturated rings. The summed E-state index contributed by atoms with van der Waals surface area (Å²) in [5.41, 5.74) is 0. The molecule has 1 aliphatic heterocycles. The lowest BCUT2D eigenvalue weighted by Crippen LogP contribution is -2.61. The summed E-state index contributed by atoms with van der Waals surface area (Å²) in [6, 6.07) is -0.852. The number of rotatable bonds is 47. The molecule has 0 aromatic rings. The first-order valence-electron chi connectivity index (χ1n) is 26.9. The van der Waals surface area contributed by atoms with Crippen LogP contribution in [0.3, 0.4) is 0 Å². The number of unbranched alkanes of at least 4 members (excludes halogenated alkanes) is 35. The number of hydrogen-bond donors (Lipinski definition) is 6. The highest BCUT2D eigenvalue weighted by Crippen LogP contribution is 2.26. The lowest BCUT2D eigenvalue weighted by atomic mass is 9.99. The van der Waals surface area contributed by atoms with Gasteiger partial charge in [-0.1, -0.05) is 245 Å². The fourth-order valence-electron chi connectivity index (χ4n) is 8.99. The second-order valence-electron chi connectivity index (χ2n) is 19.2. The first-order valence-corrected chi connectivity index (χ1v) is 28.3. The van der Waals surface area contributed by atoms with Crippen molar-refractivity contribution < 1.29 is 51.8 Å². The average molecular weight is 936 g/mol. The summed E-state index contributed by atoms with van der Waals surface area (Å²) >= 11 is 0. The van der Waals surface area contributed by atoms with E-state index in [1.807, 2.05) is 0 Å². The first kappa shape index (κ1) is 61.1. The van der Waals surface area contributed by atoms with Gasteiger partial charge in [0.25, 0.3) is 0 Å². The van der Waals surface area contributed by atoms with Crippen molar-refractivity contribution in [2.45, 2.75) is 307 Å². The molecule has 13 heteroatoms. The summed E-state index contributed by atoms with van der Waals surface area (Å²) in [5, 5.41) is 45.0. The molecule has 1 rings (SSSR count). The van der Waals surface area contributed by atoms with Crippen LogP contribution in [0, 0.1) is 0 Å². The minimum atomic E-state index is -5.07. The Balaban J connectivity index is 2.39. The number of ether oxygens (including phenoxy) is 2. The maximum absolute atomic E-state index is 13.1. The highest BCUT2D eigenvalue weighted by atomic mass is 32.3. The molecule has 1 saturated heterocycles. The molecule has 1 amide bonds. The number of aliphatic hydroxyl groups excluding tert-OH is 4. The third-order valence-electron chi connectivity index (χ3n) is 13.2. The molecule has 6 N–H and O–H groups in total. The van der Waals surface area contributed by atoms with Gasteiger partial charge < -0.3 is 35.2 Å². The summed E-state index contributed by atoms with van der Waals surface area (Å²) in [6.45, 7) is 3.49. The van der Waals surface area contributed by atoms with Crippen LogP contribution in [0.15, 0.2) is 0 Å². The molecular formula is C51H101NO11S. The Labute approximate surface area is 392 Å². The Morgan fingerprint density at radius 2 is 0.906 bits per heavy atom. The van der Waals surface area contributed by atoms with E-state index in [9.17, 15) is 38.2 Å². The van der Waals surface area contributed by atoms with Crippen molar-refractivity contribution in [3.05, 3.63) is 0 Å². The highest BCUT2D eigenvalue weighted by Gasteiger charge is 2.48. The molecule has 12 nitrogen and oxygen atoms in total. The maximum Gasteiger partial charge on any atom is 0.397 e. The van der Waals surface area contributed by atoms with Gasteiger partial charge in [-0.3, -0.25) is 9.35 Å². The zero-order chi connectivity index (χ0) is 46.9. The molecule has 0 radical (unpaired) electrons. The van der Waals surface area contributed by atoms with Gasteiger partial charge in [0.1, 0.15) is 24.4 Å². The summed E-state index contributed by atoms with van der Waals surface area (Å²) in [4.78, 5) is 13.1. The van der Waals surface area contributed by atoms with Crippen LogP contribution in [0.2, 0.25) is 0 Å². The largest absolute Gasteiger partial charge is 0.397 e. The number of carbonyl (C=O) groups is 1. The summed E-state index contributed by atoms with van der Waals surface area (Å²) in [7, 11) is -5.07. The molecule has 7 unspecified atom stereocenters. The van der Waals surface area contributed by atoms with Crippen LogP contribution in [-0.4, -0.2) is 95.4 Å². The molecule has 0 aromatic carbocycles. The quantitative estimate of drug-likeness (QED) is 0.0251. The zero-order valence-corrected chi connectivity index (χ0v) is 41.9. The van der Waals surface area contributed by atoms with Crippen molar-refractivity contribution in [2.75, 3.05) is 13.2 Å². The second kappa shape index (κ2) is 42.2. The lowest BCUT2D eigenvalue weighted by molar-refractivity contribution is -0.298. The van der Waals surface area contributed by atoms with Crippen LogP contribution in [0.5, 0.6) is 0 Å². The van der Waals surface area contributed by atoms with Crippen molar-refractivity contribution in [3.63, 3.8) is 0 Å². The van der Waals surface area contributed by atoms with Crippen LogP contribution in [-0.2, 0) is 28.9 Å². The molecule has 0 saturated carbocycles. The standard InChI is InChI=1S/C51H101NO11S/c1-3-5-7-9-11-13-15-17-19-21-22-23-24-25-26-28-30-32-34-36-38-40-45(54)44(43-61-51-49(57)50(63-64(58,59)60)48(56)46(42-53)62-51)52-47(55)41-39-37-35-33-31-29-27-20-18-16-14-12-10-8-6-4-2/h44-46,48-51,53-54,56-57H,3-43H2,1-2H3,(H,52,55)(H,58,59,60). The average Bonchev–Trinajstić information content (AvgIpc) is 3.27. The van der Waals surface area contributed by atoms with E-state index in [4.69, 9.17) is 9.47 Å². The Morgan fingerprint density at radius 1 is 0.562 bits per heavy atom. The zero-order valence-electron chi connectivity index (χ0n) is 41.1. The summed E-state index contributed by atoms with van der Waals surface area (Å²) in [5.74, 6) is -0.224. The topological polar surface area (TPSA) is 192 Å². The molecule has 0 spiro atoms. The van der Waals surface area contributed by atoms with Crippen molar-refractivity contribution in [1.29, 1.82) is 0 Å². The van der Waals surface area contributed by atoms with E-state index in [0.29, 0.717) is 12.8 Å². The van der Waals surface area contributed by atoms with Crippen molar-refractivity contribution in [2.24, 2.45) is 0 Å². The Bertz CT molecular complexity index is 1150. The number of nitrogens with one attached hydrogen (secondary N) is 1. The Kier molecular flexibility index (Phi) is 40.3. The number of amides is 1. The molecule has 64 heavy (non-hydrogen) atoms. The first-order chi connectivity index (χ1) is 31.0. The van der Waals surface area contributed by atoms with Gasteiger partial charge in [0, 0.05) is 6.42 Å². The molecule has 0 bridgehead atoms. The fourth-order valence-corrected chi connectivity index (χ4v) is 9.50. The van der Waals surface area contributed by atoms with Gasteiger partial charge >= 0.3 is 10.4 Å². The predicted octanol–water partition coefficient (Wildman–Crippen LogP) is 11.7. The normalized spacial score (nSPS) is 20.1. The van der Waals surface area contributed by atoms with Crippen LogP contribution in [0.1, 0.15) is 264 Å². The van der Waals surface area contributed by atoms with E-state index in [1.54, 1.807) is 0 Å². The molecule has 1 heterocycles. The van der Waals surface area contributed by atoms with Gasteiger partial charge in [-0.05, 0) is 12.8 Å². The van der Waals surface area contributed by atoms with Crippen molar-refractivity contribution >= 4 is 16.3 Å². The molecular weight excluding hydrogens is 835 g/mol. The lowest BCUT2D eigenvalue weighted by Gasteiger charge is -2.41. The molecule has 1 aliphatic rings. The highest BCUT2D eigenvalue weighted by molar-refractivity contribution is 7.80. The van der Waals surface area contributed by atoms with Crippen LogP contribution in [0.4, 0.5) is 0 Å². The van der Waals surface area contributed by atoms with E-state index in [-0.39, 0.29) is 12.5 Å². The molecule has 7 atom stereocenters. The molecule has 382 valence electrons. The number of carbonyl (C=O) groups excluding carboxylic acids is 1. The minimum Gasteiger partial charge on any atom is -0.394 e. The summed E-state index contributed by atoms with van der Waals surface area (Å²) < 4.78 is 47.8. The Morgan fingerprint density at radius 3 is 1.25 bits per heavy atom.